The monoisotopic (exact) mass is 376 g/mol. The van der Waals surface area contributed by atoms with Crippen molar-refractivity contribution in [2.75, 3.05) is 21.6 Å². The van der Waals surface area contributed by atoms with Gasteiger partial charge in [-0.15, -0.1) is 0 Å². The van der Waals surface area contributed by atoms with Gasteiger partial charge in [-0.25, -0.2) is 9.97 Å². The summed E-state index contributed by atoms with van der Waals surface area (Å²) in [6.45, 7) is 2.38. The van der Waals surface area contributed by atoms with Crippen molar-refractivity contribution in [1.82, 2.24) is 9.97 Å². The first-order chi connectivity index (χ1) is 10.7. The van der Waals surface area contributed by atoms with Crippen molar-refractivity contribution in [3.8, 4) is 5.75 Å². The summed E-state index contributed by atoms with van der Waals surface area (Å²) in [7, 11) is 0. The van der Waals surface area contributed by atoms with Gasteiger partial charge in [0.05, 0.1) is 17.8 Å². The van der Waals surface area contributed by atoms with Crippen LogP contribution in [0.1, 0.15) is 6.92 Å². The van der Waals surface area contributed by atoms with Crippen molar-refractivity contribution in [3.63, 3.8) is 0 Å². The number of carbonyl (C=O) groups excluding carboxylic acids is 1. The Labute approximate surface area is 145 Å². The average Bonchev–Trinajstić information content (AvgIpc) is 2.53. The normalized spacial score (nSPS) is 10.8. The number of amides is 1. The fraction of sp³-hybridized carbons (Fsp3) is 0.214. The molecule has 2 radical (unpaired) electrons. The molecule has 8 heteroatoms. The maximum atomic E-state index is 11.9. The second-order valence-corrected chi connectivity index (χ2v) is 5.15. The Kier molecular flexibility index (Phi) is 6.19. The van der Waals surface area contributed by atoms with Gasteiger partial charge in [-0.3, -0.25) is 4.79 Å². The molecule has 1 heterocycles. The molecule has 0 aliphatic carbocycles. The minimum absolute atomic E-state index is 0.225. The van der Waals surface area contributed by atoms with Crippen LogP contribution in [0.2, 0.25) is 0 Å². The summed E-state index contributed by atoms with van der Waals surface area (Å²) < 4.78 is 8.52. The fourth-order valence-electron chi connectivity index (χ4n) is 1.90. The summed E-state index contributed by atoms with van der Waals surface area (Å²) in [6, 6.07) is 3.59. The van der Waals surface area contributed by atoms with E-state index >= 15 is 0 Å². The zero-order valence-corrected chi connectivity index (χ0v) is 14.7. The molecule has 6 nitrogen and oxygen atoms in total. The van der Waals surface area contributed by atoms with Crippen molar-refractivity contribution in [3.05, 3.63) is 30.6 Å². The van der Waals surface area contributed by atoms with Crippen LogP contribution < -0.4 is 14.4 Å². The Hall–Kier alpha value is -1.62. The van der Waals surface area contributed by atoms with Gasteiger partial charge < -0.3 is 14.4 Å². The molecule has 1 amide bonds. The predicted molar refractivity (Wildman–Crippen MR) is 91.6 cm³/mol. The third-order valence-corrected chi connectivity index (χ3v) is 3.44. The number of aromatic nitrogens is 2. The van der Waals surface area contributed by atoms with Gasteiger partial charge in [0.2, 0.25) is 5.91 Å². The molecule has 22 heavy (non-hydrogen) atoms. The van der Waals surface area contributed by atoms with Crippen LogP contribution in [0.3, 0.4) is 0 Å². The maximum absolute atomic E-state index is 11.9. The number of fused-ring (bicyclic) bond motifs is 1. The average molecular weight is 377 g/mol. The Morgan fingerprint density at radius 2 is 2.27 bits per heavy atom. The summed E-state index contributed by atoms with van der Waals surface area (Å²) in [4.78, 5) is 20.3. The van der Waals surface area contributed by atoms with E-state index in [9.17, 15) is 4.79 Å². The first-order valence-electron chi connectivity index (χ1n) is 6.61. The number of halogens is 1. The minimum atomic E-state index is -0.225. The molecule has 2 N–H and O–H groups in total. The van der Waals surface area contributed by atoms with E-state index in [0.29, 0.717) is 29.2 Å². The summed E-state index contributed by atoms with van der Waals surface area (Å²) in [6.07, 6.45) is 4.65. The van der Waals surface area contributed by atoms with Crippen molar-refractivity contribution in [2.24, 2.45) is 0 Å². The molecular weight excluding hydrogens is 363 g/mol. The smallest absolute Gasteiger partial charge is 0.308 e. The molecule has 0 fully saturated rings. The summed E-state index contributed by atoms with van der Waals surface area (Å²) in [5.41, 5.74) is 1.31. The molecule has 0 atom stereocenters. The first kappa shape index (κ1) is 16.7. The molecule has 0 aliphatic heterocycles. The van der Waals surface area contributed by atoms with Crippen LogP contribution in [-0.4, -0.2) is 44.3 Å². The lowest BCUT2D eigenvalue weighted by Gasteiger charge is -2.13. The molecule has 1 aromatic carbocycles. The van der Waals surface area contributed by atoms with Crippen molar-refractivity contribution in [1.29, 1.82) is 0 Å². The highest BCUT2D eigenvalue weighted by atomic mass is 79.9. The largest absolute Gasteiger partial charge is 0.492 e. The zero-order chi connectivity index (χ0) is 15.9. The second-order valence-electron chi connectivity index (χ2n) is 4.21. The van der Waals surface area contributed by atoms with Crippen LogP contribution in [0.15, 0.2) is 30.6 Å². The second kappa shape index (κ2) is 8.13. The Morgan fingerprint density at radius 3 is 2.95 bits per heavy atom. The molecule has 0 spiro atoms. The maximum Gasteiger partial charge on any atom is 0.308 e. The fourth-order valence-corrected chi connectivity index (χ4v) is 2.31. The van der Waals surface area contributed by atoms with Gasteiger partial charge >= 0.3 is 16.5 Å². The number of ether oxygens (including phenoxy) is 1. The van der Waals surface area contributed by atoms with Crippen LogP contribution in [0.25, 0.3) is 10.9 Å². The number of nitrogens with zero attached hydrogens (tertiary/aromatic N) is 2. The van der Waals surface area contributed by atoms with Crippen molar-refractivity contribution >= 4 is 60.8 Å². The number of benzene rings is 1. The van der Waals surface area contributed by atoms with E-state index < -0.39 is 0 Å². The number of hydrogen-bond donors (Lipinski definition) is 2. The highest BCUT2D eigenvalue weighted by molar-refractivity contribution is 9.09. The van der Waals surface area contributed by atoms with Crippen LogP contribution in [0.4, 0.5) is 11.5 Å². The highest BCUT2D eigenvalue weighted by Gasteiger charge is 2.11. The SMILES string of the molecule is CCOc1cc2ncnc([NH][Al])c2cc1NC(=O)/C=C/CBr. The Balaban J connectivity index is 2.47. The van der Waals surface area contributed by atoms with Crippen LogP contribution >= 0.6 is 15.9 Å². The summed E-state index contributed by atoms with van der Waals surface area (Å²) >= 11 is 5.63. The van der Waals surface area contributed by atoms with Crippen molar-refractivity contribution in [2.45, 2.75) is 6.92 Å². The molecular formula is C14H14AlBrN4O2. The summed E-state index contributed by atoms with van der Waals surface area (Å²) in [5.74, 6) is 1.01. The molecule has 112 valence electrons. The Bertz CT molecular complexity index is 709. The topological polar surface area (TPSA) is 76.1 Å². The molecule has 0 aliphatic rings. The van der Waals surface area contributed by atoms with Crippen LogP contribution in [-0.2, 0) is 4.79 Å². The van der Waals surface area contributed by atoms with E-state index in [1.165, 1.54) is 12.4 Å². The first-order valence-corrected chi connectivity index (χ1v) is 8.31. The van der Waals surface area contributed by atoms with Gasteiger partial charge in [0.1, 0.15) is 17.9 Å². The van der Waals surface area contributed by atoms with Crippen LogP contribution in [0, 0.1) is 0 Å². The van der Waals surface area contributed by atoms with Crippen molar-refractivity contribution < 1.29 is 9.53 Å². The zero-order valence-electron chi connectivity index (χ0n) is 12.0. The summed E-state index contributed by atoms with van der Waals surface area (Å²) in [5, 5.41) is 4.22. The standard InChI is InChI=1S/C14H15BrN4O2.Al/c1-2-21-12-7-10-9(14(16)18-8-17-10)6-11(12)19-13(20)4-3-5-15;/h3-4,6-8H,2,5H2,1H3,(H3,16,17,18,19,20);/q;+1/p-1/b4-3+;. The van der Waals surface area contributed by atoms with E-state index in [1.807, 2.05) is 6.92 Å². The molecule has 1 aromatic heterocycles. The van der Waals surface area contributed by atoms with E-state index in [2.05, 4.69) is 52.0 Å². The quantitative estimate of drug-likeness (QED) is 0.460. The molecule has 2 rings (SSSR count). The number of rotatable bonds is 6. The van der Waals surface area contributed by atoms with E-state index in [0.717, 1.165) is 10.9 Å². The molecule has 2 aromatic rings. The van der Waals surface area contributed by atoms with E-state index in [1.54, 1.807) is 18.2 Å². The van der Waals surface area contributed by atoms with E-state index in [4.69, 9.17) is 4.74 Å². The highest BCUT2D eigenvalue weighted by Crippen LogP contribution is 2.32. The van der Waals surface area contributed by atoms with Crippen LogP contribution in [0.5, 0.6) is 5.75 Å². The number of hydrogen-bond acceptors (Lipinski definition) is 5. The number of anilines is 2. The van der Waals surface area contributed by atoms with Gasteiger partial charge in [-0.2, -0.15) is 0 Å². The lowest BCUT2D eigenvalue weighted by molar-refractivity contribution is -0.111. The third-order valence-electron chi connectivity index (χ3n) is 2.79. The van der Waals surface area contributed by atoms with Gasteiger partial charge in [0.15, 0.2) is 0 Å². The number of nitrogens with one attached hydrogen (secondary N) is 2. The van der Waals surface area contributed by atoms with Gasteiger partial charge in [-0.05, 0) is 13.0 Å². The minimum Gasteiger partial charge on any atom is -0.492 e. The van der Waals surface area contributed by atoms with Gasteiger partial charge in [-0.1, -0.05) is 22.0 Å². The third kappa shape index (κ3) is 3.97. The molecule has 0 saturated heterocycles. The molecule has 0 unspecified atom stereocenters. The Morgan fingerprint density at radius 1 is 1.45 bits per heavy atom. The number of alkyl halides is 1. The lowest BCUT2D eigenvalue weighted by Crippen LogP contribution is -2.10. The predicted octanol–water partition coefficient (Wildman–Crippen LogP) is 2.41. The van der Waals surface area contributed by atoms with E-state index in [-0.39, 0.29) is 5.91 Å². The lowest BCUT2D eigenvalue weighted by atomic mass is 10.2. The van der Waals surface area contributed by atoms with Gasteiger partial charge in [0.25, 0.3) is 0 Å². The number of allylic oxidation sites excluding steroid dienone is 1. The van der Waals surface area contributed by atoms with Gasteiger partial charge in [0, 0.05) is 22.9 Å². The number of carbonyl (C=O) groups is 1. The molecule has 0 bridgehead atoms. The molecule has 0 saturated carbocycles.